The highest BCUT2D eigenvalue weighted by atomic mass is 79.9. The number of rotatable bonds is 5. The molecule has 0 saturated heterocycles. The number of carbonyl (C=O) groups is 1. The van der Waals surface area contributed by atoms with Crippen molar-refractivity contribution in [2.24, 2.45) is 0 Å². The van der Waals surface area contributed by atoms with Crippen LogP contribution in [0.1, 0.15) is 22.3 Å². The highest BCUT2D eigenvalue weighted by molar-refractivity contribution is 9.10. The maximum Gasteiger partial charge on any atom is 0.252 e. The average molecular weight is 387 g/mol. The summed E-state index contributed by atoms with van der Waals surface area (Å²) in [4.78, 5) is 12.1. The Morgan fingerprint density at radius 2 is 1.86 bits per heavy atom. The van der Waals surface area contributed by atoms with E-state index in [0.717, 1.165) is 27.9 Å². The third kappa shape index (κ3) is 4.73. The van der Waals surface area contributed by atoms with Gasteiger partial charge in [0.2, 0.25) is 0 Å². The second-order valence-corrected chi connectivity index (χ2v) is 6.31. The van der Waals surface area contributed by atoms with E-state index >= 15 is 0 Å². The Morgan fingerprint density at radius 3 is 2.62 bits per heavy atom. The molecule has 21 heavy (non-hydrogen) atoms. The van der Waals surface area contributed by atoms with Crippen LogP contribution in [0.15, 0.2) is 46.9 Å². The van der Waals surface area contributed by atoms with E-state index in [1.54, 1.807) is 18.2 Å². The maximum atomic E-state index is 12.1. The molecule has 0 aromatic heterocycles. The van der Waals surface area contributed by atoms with Gasteiger partial charge in [0.05, 0.1) is 10.6 Å². The second kappa shape index (κ2) is 7.83. The number of aryl methyl sites for hydroxylation is 1. The Balaban J connectivity index is 1.85. The van der Waals surface area contributed by atoms with E-state index in [0.29, 0.717) is 17.1 Å². The standard InChI is InChI=1S/C16H14BrCl2NO/c17-12-7-8-15(19)13(10-12)16(21)20-9-3-5-11-4-1-2-6-14(11)18/h1-2,4,6-8,10H,3,5,9H2,(H,20,21). The van der Waals surface area contributed by atoms with Crippen LogP contribution in [0.25, 0.3) is 0 Å². The number of carbonyl (C=O) groups excluding carboxylic acids is 1. The lowest BCUT2D eigenvalue weighted by atomic mass is 10.1. The molecular weight excluding hydrogens is 373 g/mol. The lowest BCUT2D eigenvalue weighted by molar-refractivity contribution is 0.0953. The van der Waals surface area contributed by atoms with Crippen LogP contribution in [0.2, 0.25) is 10.0 Å². The van der Waals surface area contributed by atoms with Gasteiger partial charge in [-0.2, -0.15) is 0 Å². The first kappa shape index (κ1) is 16.3. The van der Waals surface area contributed by atoms with Crippen molar-refractivity contribution in [1.82, 2.24) is 5.32 Å². The molecule has 0 radical (unpaired) electrons. The summed E-state index contributed by atoms with van der Waals surface area (Å²) in [5.74, 6) is -0.166. The van der Waals surface area contributed by atoms with Gasteiger partial charge >= 0.3 is 0 Å². The zero-order valence-corrected chi connectivity index (χ0v) is 14.3. The first-order chi connectivity index (χ1) is 10.1. The molecule has 0 aliphatic carbocycles. The van der Waals surface area contributed by atoms with Crippen molar-refractivity contribution in [3.8, 4) is 0 Å². The molecule has 0 aliphatic heterocycles. The van der Waals surface area contributed by atoms with Crippen molar-refractivity contribution in [3.05, 3.63) is 68.1 Å². The van der Waals surface area contributed by atoms with Gasteiger partial charge in [0.25, 0.3) is 5.91 Å². The Hall–Kier alpha value is -1.03. The molecule has 0 bridgehead atoms. The fraction of sp³-hybridized carbons (Fsp3) is 0.188. The summed E-state index contributed by atoms with van der Waals surface area (Å²) < 4.78 is 0.827. The average Bonchev–Trinajstić information content (AvgIpc) is 2.47. The topological polar surface area (TPSA) is 29.1 Å². The lowest BCUT2D eigenvalue weighted by Crippen LogP contribution is -2.25. The van der Waals surface area contributed by atoms with Crippen LogP contribution in [0, 0.1) is 0 Å². The van der Waals surface area contributed by atoms with E-state index in [4.69, 9.17) is 23.2 Å². The molecule has 1 amide bonds. The van der Waals surface area contributed by atoms with Crippen molar-refractivity contribution < 1.29 is 4.79 Å². The van der Waals surface area contributed by atoms with Gasteiger partial charge in [-0.25, -0.2) is 0 Å². The first-order valence-electron chi connectivity index (χ1n) is 6.54. The molecule has 0 heterocycles. The summed E-state index contributed by atoms with van der Waals surface area (Å²) in [6.45, 7) is 0.576. The minimum atomic E-state index is -0.166. The summed E-state index contributed by atoms with van der Waals surface area (Å²) in [5.41, 5.74) is 1.57. The molecule has 0 atom stereocenters. The van der Waals surface area contributed by atoms with Crippen molar-refractivity contribution in [2.75, 3.05) is 6.54 Å². The van der Waals surface area contributed by atoms with E-state index in [2.05, 4.69) is 21.2 Å². The third-order valence-electron chi connectivity index (χ3n) is 3.04. The number of hydrogen-bond acceptors (Lipinski definition) is 1. The molecule has 0 unspecified atom stereocenters. The third-order valence-corrected chi connectivity index (χ3v) is 4.23. The number of benzene rings is 2. The normalized spacial score (nSPS) is 10.4. The van der Waals surface area contributed by atoms with Crippen molar-refractivity contribution >= 4 is 45.0 Å². The molecular formula is C16H14BrCl2NO. The molecule has 2 nitrogen and oxygen atoms in total. The summed E-state index contributed by atoms with van der Waals surface area (Å²) in [6.07, 6.45) is 1.65. The predicted octanol–water partition coefficient (Wildman–Crippen LogP) is 5.12. The van der Waals surface area contributed by atoms with E-state index < -0.39 is 0 Å². The monoisotopic (exact) mass is 385 g/mol. The number of halogens is 3. The molecule has 5 heteroatoms. The molecule has 2 aromatic carbocycles. The molecule has 0 spiro atoms. The smallest absolute Gasteiger partial charge is 0.252 e. The molecule has 0 saturated carbocycles. The zero-order valence-electron chi connectivity index (χ0n) is 11.2. The van der Waals surface area contributed by atoms with E-state index in [9.17, 15) is 4.79 Å². The van der Waals surface area contributed by atoms with Crippen LogP contribution in [-0.4, -0.2) is 12.5 Å². The van der Waals surface area contributed by atoms with E-state index in [1.165, 1.54) is 0 Å². The molecule has 2 aromatic rings. The molecule has 0 aliphatic rings. The van der Waals surface area contributed by atoms with Gasteiger partial charge in [-0.15, -0.1) is 0 Å². The van der Waals surface area contributed by atoms with Crippen molar-refractivity contribution in [1.29, 1.82) is 0 Å². The second-order valence-electron chi connectivity index (χ2n) is 4.58. The fourth-order valence-corrected chi connectivity index (χ4v) is 2.74. The number of nitrogens with one attached hydrogen (secondary N) is 1. The highest BCUT2D eigenvalue weighted by Gasteiger charge is 2.10. The zero-order chi connectivity index (χ0) is 15.2. The Kier molecular flexibility index (Phi) is 6.09. The molecule has 2 rings (SSSR count). The highest BCUT2D eigenvalue weighted by Crippen LogP contribution is 2.21. The molecule has 1 N–H and O–H groups in total. The molecule has 0 fully saturated rings. The van der Waals surface area contributed by atoms with Crippen molar-refractivity contribution in [2.45, 2.75) is 12.8 Å². The quantitative estimate of drug-likeness (QED) is 0.710. The SMILES string of the molecule is O=C(NCCCc1ccccc1Cl)c1cc(Br)ccc1Cl. The van der Waals surface area contributed by atoms with Gasteiger partial charge in [0.15, 0.2) is 0 Å². The van der Waals surface area contributed by atoms with Gasteiger partial charge < -0.3 is 5.32 Å². The van der Waals surface area contributed by atoms with Crippen molar-refractivity contribution in [3.63, 3.8) is 0 Å². The van der Waals surface area contributed by atoms with E-state index in [1.807, 2.05) is 24.3 Å². The van der Waals surface area contributed by atoms with Crippen LogP contribution in [0.3, 0.4) is 0 Å². The number of hydrogen-bond donors (Lipinski definition) is 1. The Labute approximate surface area is 142 Å². The minimum absolute atomic E-state index is 0.166. The van der Waals surface area contributed by atoms with Crippen LogP contribution in [0.4, 0.5) is 0 Å². The first-order valence-corrected chi connectivity index (χ1v) is 8.09. The van der Waals surface area contributed by atoms with Gasteiger partial charge in [-0.1, -0.05) is 57.3 Å². The lowest BCUT2D eigenvalue weighted by Gasteiger charge is -2.08. The summed E-state index contributed by atoms with van der Waals surface area (Å²) in [6, 6.07) is 12.9. The van der Waals surface area contributed by atoms with Gasteiger partial charge in [-0.05, 0) is 42.7 Å². The summed E-state index contributed by atoms with van der Waals surface area (Å²) in [5, 5.41) is 4.08. The van der Waals surface area contributed by atoms with Gasteiger partial charge in [-0.3, -0.25) is 4.79 Å². The molecule has 110 valence electrons. The maximum absolute atomic E-state index is 12.1. The van der Waals surface area contributed by atoms with Crippen LogP contribution >= 0.6 is 39.1 Å². The van der Waals surface area contributed by atoms with Crippen LogP contribution in [0.5, 0.6) is 0 Å². The van der Waals surface area contributed by atoms with E-state index in [-0.39, 0.29) is 5.91 Å². The Bertz CT molecular complexity index is 646. The summed E-state index contributed by atoms with van der Waals surface area (Å²) >= 11 is 15.4. The largest absolute Gasteiger partial charge is 0.352 e. The van der Waals surface area contributed by atoms with Crippen LogP contribution in [-0.2, 0) is 6.42 Å². The van der Waals surface area contributed by atoms with Crippen LogP contribution < -0.4 is 5.32 Å². The minimum Gasteiger partial charge on any atom is -0.352 e. The predicted molar refractivity (Wildman–Crippen MR) is 91.3 cm³/mol. The van der Waals surface area contributed by atoms with Gasteiger partial charge in [0.1, 0.15) is 0 Å². The Morgan fingerprint density at radius 1 is 1.10 bits per heavy atom. The number of amides is 1. The van der Waals surface area contributed by atoms with Gasteiger partial charge in [0, 0.05) is 16.0 Å². The fourth-order valence-electron chi connectivity index (χ4n) is 1.95. The summed E-state index contributed by atoms with van der Waals surface area (Å²) in [7, 11) is 0.